The van der Waals surface area contributed by atoms with Crippen LogP contribution in [-0.2, 0) is 6.54 Å². The molecular weight excluding hydrogens is 300 g/mol. The molecule has 1 aliphatic rings. The fourth-order valence-electron chi connectivity index (χ4n) is 3.42. The van der Waals surface area contributed by atoms with Crippen LogP contribution in [-0.4, -0.2) is 50.8 Å². The van der Waals surface area contributed by atoms with Gasteiger partial charge < -0.3 is 10.2 Å². The number of rotatable bonds is 7. The van der Waals surface area contributed by atoms with Crippen LogP contribution in [0.4, 0.5) is 5.95 Å². The third-order valence-electron chi connectivity index (χ3n) is 4.90. The highest BCUT2D eigenvalue weighted by Crippen LogP contribution is 2.22. The van der Waals surface area contributed by atoms with Gasteiger partial charge in [0.15, 0.2) is 0 Å². The smallest absolute Gasteiger partial charge is 0.223 e. The van der Waals surface area contributed by atoms with E-state index in [4.69, 9.17) is 0 Å². The van der Waals surface area contributed by atoms with Gasteiger partial charge in [-0.25, -0.2) is 9.97 Å². The number of anilines is 1. The third kappa shape index (κ3) is 3.75. The Labute approximate surface area is 144 Å². The summed E-state index contributed by atoms with van der Waals surface area (Å²) in [7, 11) is 2.21. The fourth-order valence-corrected chi connectivity index (χ4v) is 3.42. The standard InChI is InChI=1S/C18H28N6/c1-4-11-24-14(2)16(13-21-24)17-8-10-20-18(22-17)19-9-7-15-6-5-12-23(15)3/h8,10,13,15H,4-7,9,11-12H2,1-3H3,(H,19,20,22)/t15-/m0/s1. The van der Waals surface area contributed by atoms with Gasteiger partial charge in [-0.2, -0.15) is 5.10 Å². The molecule has 3 rings (SSSR count). The molecule has 1 aliphatic heterocycles. The molecule has 2 aromatic rings. The van der Waals surface area contributed by atoms with Crippen LogP contribution in [0.1, 0.15) is 38.3 Å². The number of hydrogen-bond donors (Lipinski definition) is 1. The zero-order valence-corrected chi connectivity index (χ0v) is 15.0. The molecule has 3 heterocycles. The van der Waals surface area contributed by atoms with Gasteiger partial charge in [-0.05, 0) is 52.3 Å². The Morgan fingerprint density at radius 2 is 2.25 bits per heavy atom. The van der Waals surface area contributed by atoms with E-state index in [2.05, 4.69) is 46.2 Å². The number of nitrogens with zero attached hydrogens (tertiary/aromatic N) is 5. The van der Waals surface area contributed by atoms with Crippen LogP contribution in [0.2, 0.25) is 0 Å². The molecule has 6 heteroatoms. The average molecular weight is 328 g/mol. The summed E-state index contributed by atoms with van der Waals surface area (Å²) in [5.74, 6) is 0.704. The SMILES string of the molecule is CCCn1ncc(-c2ccnc(NCC[C@@H]3CCCN3C)n2)c1C. The summed E-state index contributed by atoms with van der Waals surface area (Å²) in [4.78, 5) is 11.5. The largest absolute Gasteiger partial charge is 0.354 e. The zero-order valence-electron chi connectivity index (χ0n) is 15.0. The molecule has 0 aromatic carbocycles. The summed E-state index contributed by atoms with van der Waals surface area (Å²) < 4.78 is 2.04. The van der Waals surface area contributed by atoms with Crippen LogP contribution < -0.4 is 5.32 Å². The van der Waals surface area contributed by atoms with Gasteiger partial charge in [0.05, 0.1) is 11.9 Å². The van der Waals surface area contributed by atoms with E-state index in [9.17, 15) is 0 Å². The molecule has 24 heavy (non-hydrogen) atoms. The maximum atomic E-state index is 4.67. The molecule has 0 aliphatic carbocycles. The summed E-state index contributed by atoms with van der Waals surface area (Å²) in [6.45, 7) is 7.33. The van der Waals surface area contributed by atoms with Crippen LogP contribution in [0.5, 0.6) is 0 Å². The Balaban J connectivity index is 1.63. The molecule has 0 amide bonds. The van der Waals surface area contributed by atoms with Gasteiger partial charge in [0.1, 0.15) is 0 Å². The van der Waals surface area contributed by atoms with Crippen molar-refractivity contribution in [2.45, 2.75) is 52.1 Å². The molecule has 6 nitrogen and oxygen atoms in total. The monoisotopic (exact) mass is 328 g/mol. The minimum absolute atomic E-state index is 0.690. The van der Waals surface area contributed by atoms with E-state index >= 15 is 0 Å². The van der Waals surface area contributed by atoms with Crippen molar-refractivity contribution in [1.82, 2.24) is 24.6 Å². The lowest BCUT2D eigenvalue weighted by atomic mass is 10.1. The molecule has 1 atom stereocenters. The summed E-state index contributed by atoms with van der Waals surface area (Å²) in [5, 5.41) is 7.84. The zero-order chi connectivity index (χ0) is 16.9. The second-order valence-electron chi connectivity index (χ2n) is 6.62. The Bertz CT molecular complexity index is 665. The van der Waals surface area contributed by atoms with E-state index in [1.165, 1.54) is 19.4 Å². The maximum Gasteiger partial charge on any atom is 0.223 e. The van der Waals surface area contributed by atoms with E-state index in [1.54, 1.807) is 0 Å². The second-order valence-corrected chi connectivity index (χ2v) is 6.62. The van der Waals surface area contributed by atoms with Crippen molar-refractivity contribution in [2.75, 3.05) is 25.5 Å². The highest BCUT2D eigenvalue weighted by molar-refractivity contribution is 5.61. The minimum Gasteiger partial charge on any atom is -0.354 e. The lowest BCUT2D eigenvalue weighted by Gasteiger charge is -2.19. The van der Waals surface area contributed by atoms with E-state index in [0.29, 0.717) is 12.0 Å². The normalized spacial score (nSPS) is 18.2. The van der Waals surface area contributed by atoms with Crippen LogP contribution in [0.3, 0.4) is 0 Å². The van der Waals surface area contributed by atoms with E-state index < -0.39 is 0 Å². The molecule has 1 saturated heterocycles. The number of aromatic nitrogens is 4. The van der Waals surface area contributed by atoms with Crippen molar-refractivity contribution >= 4 is 5.95 Å². The number of hydrogen-bond acceptors (Lipinski definition) is 5. The maximum absolute atomic E-state index is 4.67. The second kappa shape index (κ2) is 7.75. The van der Waals surface area contributed by atoms with Gasteiger partial charge in [-0.15, -0.1) is 0 Å². The Kier molecular flexibility index (Phi) is 5.45. The Hall–Kier alpha value is -1.95. The lowest BCUT2D eigenvalue weighted by molar-refractivity contribution is 0.301. The minimum atomic E-state index is 0.690. The molecule has 0 saturated carbocycles. The first-order valence-corrected chi connectivity index (χ1v) is 8.99. The Morgan fingerprint density at radius 3 is 3.00 bits per heavy atom. The lowest BCUT2D eigenvalue weighted by Crippen LogP contribution is -2.27. The molecule has 0 spiro atoms. The first-order chi connectivity index (χ1) is 11.7. The molecule has 0 radical (unpaired) electrons. The number of aryl methyl sites for hydroxylation is 1. The van der Waals surface area contributed by atoms with Crippen molar-refractivity contribution in [2.24, 2.45) is 0 Å². The van der Waals surface area contributed by atoms with Crippen molar-refractivity contribution in [3.05, 3.63) is 24.2 Å². The molecule has 1 N–H and O–H groups in total. The Morgan fingerprint density at radius 1 is 1.38 bits per heavy atom. The number of nitrogens with one attached hydrogen (secondary N) is 1. The number of likely N-dealkylation sites (tertiary alicyclic amines) is 1. The molecule has 0 bridgehead atoms. The van der Waals surface area contributed by atoms with E-state index in [-0.39, 0.29) is 0 Å². The van der Waals surface area contributed by atoms with Gasteiger partial charge in [-0.3, -0.25) is 4.68 Å². The molecule has 130 valence electrons. The summed E-state index contributed by atoms with van der Waals surface area (Å²) >= 11 is 0. The van der Waals surface area contributed by atoms with Crippen molar-refractivity contribution in [3.8, 4) is 11.3 Å². The topological polar surface area (TPSA) is 58.9 Å². The molecule has 1 fully saturated rings. The summed E-state index contributed by atoms with van der Waals surface area (Å²) in [5.41, 5.74) is 3.18. The van der Waals surface area contributed by atoms with Crippen LogP contribution in [0.15, 0.2) is 18.5 Å². The predicted molar refractivity (Wildman–Crippen MR) is 97.0 cm³/mol. The van der Waals surface area contributed by atoms with Crippen molar-refractivity contribution < 1.29 is 0 Å². The highest BCUT2D eigenvalue weighted by atomic mass is 15.3. The average Bonchev–Trinajstić information content (AvgIpc) is 3.15. The van der Waals surface area contributed by atoms with E-state index in [0.717, 1.165) is 42.9 Å². The van der Waals surface area contributed by atoms with Gasteiger partial charge >= 0.3 is 0 Å². The quantitative estimate of drug-likeness (QED) is 0.847. The molecule has 0 unspecified atom stereocenters. The first-order valence-electron chi connectivity index (χ1n) is 8.99. The molecular formula is C18H28N6. The summed E-state index contributed by atoms with van der Waals surface area (Å²) in [6.07, 6.45) is 8.56. The van der Waals surface area contributed by atoms with Gasteiger partial charge in [-0.1, -0.05) is 6.92 Å². The van der Waals surface area contributed by atoms with Crippen molar-refractivity contribution in [1.29, 1.82) is 0 Å². The van der Waals surface area contributed by atoms with Crippen LogP contribution in [0.25, 0.3) is 11.3 Å². The van der Waals surface area contributed by atoms with Gasteiger partial charge in [0.2, 0.25) is 5.95 Å². The van der Waals surface area contributed by atoms with Crippen LogP contribution >= 0.6 is 0 Å². The van der Waals surface area contributed by atoms with Gasteiger partial charge in [0.25, 0.3) is 0 Å². The highest BCUT2D eigenvalue weighted by Gasteiger charge is 2.20. The van der Waals surface area contributed by atoms with Crippen molar-refractivity contribution in [3.63, 3.8) is 0 Å². The third-order valence-corrected chi connectivity index (χ3v) is 4.90. The van der Waals surface area contributed by atoms with E-state index in [1.807, 2.05) is 23.1 Å². The first kappa shape index (κ1) is 16.9. The summed E-state index contributed by atoms with van der Waals surface area (Å²) in [6, 6.07) is 2.64. The van der Waals surface area contributed by atoms with Gasteiger partial charge in [0, 0.05) is 36.6 Å². The van der Waals surface area contributed by atoms with Crippen LogP contribution in [0, 0.1) is 6.92 Å². The predicted octanol–water partition coefficient (Wildman–Crippen LogP) is 2.95. The molecule has 2 aromatic heterocycles. The fraction of sp³-hybridized carbons (Fsp3) is 0.611.